The Morgan fingerprint density at radius 3 is 2.66 bits per heavy atom. The molecule has 0 spiro atoms. The Balaban J connectivity index is 1.29. The molecule has 0 bridgehead atoms. The maximum atomic E-state index is 13.1. The molecule has 1 aliphatic rings. The zero-order valence-electron chi connectivity index (χ0n) is 24.3. The lowest BCUT2D eigenvalue weighted by Crippen LogP contribution is -2.54. The Hall–Kier alpha value is -4.21. The molecule has 2 amide bonds. The first-order valence-corrected chi connectivity index (χ1v) is 13.9. The third kappa shape index (κ3) is 7.71. The smallest absolute Gasteiger partial charge is 0.253 e. The van der Waals surface area contributed by atoms with Gasteiger partial charge in [0.15, 0.2) is 0 Å². The third-order valence-electron chi connectivity index (χ3n) is 6.95. The number of pyridine rings is 1. The van der Waals surface area contributed by atoms with Gasteiger partial charge >= 0.3 is 0 Å². The van der Waals surface area contributed by atoms with Gasteiger partial charge < -0.3 is 30.2 Å². The molecule has 9 heteroatoms. The van der Waals surface area contributed by atoms with Gasteiger partial charge in [0.25, 0.3) is 5.91 Å². The van der Waals surface area contributed by atoms with Crippen LogP contribution in [0.1, 0.15) is 34.8 Å². The molecule has 0 saturated carbocycles. The molecule has 1 unspecified atom stereocenters. The lowest BCUT2D eigenvalue weighted by molar-refractivity contribution is -0.134. The number of H-pyrrole nitrogens is 1. The zero-order chi connectivity index (χ0) is 29.4. The first kappa shape index (κ1) is 29.8. The van der Waals surface area contributed by atoms with E-state index >= 15 is 0 Å². The average Bonchev–Trinajstić information content (AvgIpc) is 3.35. The Labute approximate surface area is 242 Å². The maximum Gasteiger partial charge on any atom is 0.253 e. The van der Waals surface area contributed by atoms with Crippen LogP contribution >= 0.6 is 0 Å². The summed E-state index contributed by atoms with van der Waals surface area (Å²) < 4.78 is 6.16. The Morgan fingerprint density at radius 2 is 1.93 bits per heavy atom. The SMILES string of the molecule is C\C=C/C(=C\C=C\CC(N)C(=O)N1CCN(C(=O)c2cccc(CN(C)C)c2)CC1)Oc1ccnc2[nH]cc(C)c12. The number of hydrogen-bond donors (Lipinski definition) is 2. The van der Waals surface area contributed by atoms with E-state index in [-0.39, 0.29) is 11.8 Å². The number of nitrogens with zero attached hydrogens (tertiary/aromatic N) is 4. The molecule has 1 aliphatic heterocycles. The summed E-state index contributed by atoms with van der Waals surface area (Å²) in [4.78, 5) is 39.2. The second-order valence-electron chi connectivity index (χ2n) is 10.5. The highest BCUT2D eigenvalue weighted by Crippen LogP contribution is 2.28. The minimum atomic E-state index is -0.655. The summed E-state index contributed by atoms with van der Waals surface area (Å²) in [6, 6.07) is 8.92. The van der Waals surface area contributed by atoms with Gasteiger partial charge in [0.05, 0.1) is 11.4 Å². The molecule has 3 heterocycles. The predicted octanol–water partition coefficient (Wildman–Crippen LogP) is 4.03. The number of piperazine rings is 1. The minimum absolute atomic E-state index is 0.00459. The number of rotatable bonds is 10. The number of aromatic amines is 1. The standard InChI is InChI=1S/C32H40N6O3/c1-5-9-26(41-28-14-15-34-30-29(28)23(2)21-35-30)12-6-7-13-27(33)32(40)38-18-16-37(17-19-38)31(39)25-11-8-10-24(20-25)22-36(3)4/h5-12,14-15,20-21,27H,13,16-19,22,33H2,1-4H3,(H,34,35)/b7-6+,9-5-,26-12+. The summed E-state index contributed by atoms with van der Waals surface area (Å²) in [5.41, 5.74) is 9.86. The van der Waals surface area contributed by atoms with E-state index in [4.69, 9.17) is 10.5 Å². The molecule has 4 rings (SSSR count). The van der Waals surface area contributed by atoms with Gasteiger partial charge in [0.2, 0.25) is 5.91 Å². The lowest BCUT2D eigenvalue weighted by atomic mass is 10.1. The molecule has 216 valence electrons. The number of hydrogen-bond acceptors (Lipinski definition) is 6. The quantitative estimate of drug-likeness (QED) is 0.288. The number of fused-ring (bicyclic) bond motifs is 1. The lowest BCUT2D eigenvalue weighted by Gasteiger charge is -2.36. The molecule has 1 atom stereocenters. The van der Waals surface area contributed by atoms with Crippen LogP contribution in [0.3, 0.4) is 0 Å². The average molecular weight is 557 g/mol. The Bertz CT molecular complexity index is 1450. The van der Waals surface area contributed by atoms with Crippen molar-refractivity contribution in [2.24, 2.45) is 5.73 Å². The monoisotopic (exact) mass is 556 g/mol. The number of nitrogens with one attached hydrogen (secondary N) is 1. The van der Waals surface area contributed by atoms with Crippen LogP contribution in [0.15, 0.2) is 78.9 Å². The molecule has 1 saturated heterocycles. The molecular weight excluding hydrogens is 516 g/mol. The zero-order valence-corrected chi connectivity index (χ0v) is 24.3. The van der Waals surface area contributed by atoms with Crippen LogP contribution in [0.4, 0.5) is 0 Å². The molecule has 0 radical (unpaired) electrons. The number of ether oxygens (including phenoxy) is 1. The van der Waals surface area contributed by atoms with Crippen molar-refractivity contribution in [1.82, 2.24) is 24.7 Å². The van der Waals surface area contributed by atoms with Gasteiger partial charge in [0, 0.05) is 50.7 Å². The summed E-state index contributed by atoms with van der Waals surface area (Å²) >= 11 is 0. The van der Waals surface area contributed by atoms with Gasteiger partial charge in [-0.2, -0.15) is 0 Å². The largest absolute Gasteiger partial charge is 0.457 e. The number of aryl methyl sites for hydroxylation is 1. The van der Waals surface area contributed by atoms with Gasteiger partial charge in [0.1, 0.15) is 17.2 Å². The molecule has 3 N–H and O–H groups in total. The molecule has 1 fully saturated rings. The van der Waals surface area contributed by atoms with Crippen molar-refractivity contribution in [3.05, 3.63) is 95.6 Å². The van der Waals surface area contributed by atoms with Gasteiger partial charge in [-0.15, -0.1) is 0 Å². The Kier molecular flexibility index (Phi) is 10.1. The molecule has 2 aromatic heterocycles. The highest BCUT2D eigenvalue weighted by atomic mass is 16.5. The van der Waals surface area contributed by atoms with Crippen LogP contribution in [0.5, 0.6) is 5.75 Å². The fourth-order valence-corrected chi connectivity index (χ4v) is 4.89. The number of amides is 2. The van der Waals surface area contributed by atoms with Crippen LogP contribution < -0.4 is 10.5 Å². The van der Waals surface area contributed by atoms with Crippen LogP contribution in [-0.4, -0.2) is 82.8 Å². The van der Waals surface area contributed by atoms with Crippen LogP contribution in [0, 0.1) is 6.92 Å². The van der Waals surface area contributed by atoms with Crippen LogP contribution in [0.2, 0.25) is 0 Å². The molecule has 1 aromatic carbocycles. The number of carbonyl (C=O) groups is 2. The fraction of sp³-hybridized carbons (Fsp3) is 0.344. The molecule has 41 heavy (non-hydrogen) atoms. The van der Waals surface area contributed by atoms with E-state index < -0.39 is 6.04 Å². The maximum absolute atomic E-state index is 13.1. The molecular formula is C32H40N6O3. The Morgan fingerprint density at radius 1 is 1.17 bits per heavy atom. The molecule has 9 nitrogen and oxygen atoms in total. The van der Waals surface area contributed by atoms with Crippen molar-refractivity contribution < 1.29 is 14.3 Å². The van der Waals surface area contributed by atoms with Crippen molar-refractivity contribution in [3.63, 3.8) is 0 Å². The van der Waals surface area contributed by atoms with E-state index in [0.29, 0.717) is 43.9 Å². The normalized spacial score (nSPS) is 15.4. The topological polar surface area (TPSA) is 108 Å². The summed E-state index contributed by atoms with van der Waals surface area (Å²) in [7, 11) is 4.01. The van der Waals surface area contributed by atoms with E-state index in [1.165, 1.54) is 0 Å². The van der Waals surface area contributed by atoms with Crippen molar-refractivity contribution in [1.29, 1.82) is 0 Å². The number of benzene rings is 1. The van der Waals surface area contributed by atoms with E-state index in [9.17, 15) is 9.59 Å². The first-order valence-electron chi connectivity index (χ1n) is 13.9. The number of allylic oxidation sites excluding steroid dienone is 4. The van der Waals surface area contributed by atoms with E-state index in [0.717, 1.165) is 34.5 Å². The highest BCUT2D eigenvalue weighted by Gasteiger charge is 2.27. The molecule has 3 aromatic rings. The second kappa shape index (κ2) is 13.9. The van der Waals surface area contributed by atoms with Gasteiger partial charge in [-0.05, 0) is 75.8 Å². The summed E-state index contributed by atoms with van der Waals surface area (Å²) in [5.74, 6) is 1.27. The van der Waals surface area contributed by atoms with Crippen LogP contribution in [0.25, 0.3) is 11.0 Å². The third-order valence-corrected chi connectivity index (χ3v) is 6.95. The number of nitrogens with two attached hydrogens (primary N) is 1. The number of carbonyl (C=O) groups excluding carboxylic acids is 2. The molecule has 0 aliphatic carbocycles. The van der Waals surface area contributed by atoms with Crippen molar-refractivity contribution in [2.75, 3.05) is 40.3 Å². The first-order chi connectivity index (χ1) is 19.8. The predicted molar refractivity (Wildman–Crippen MR) is 162 cm³/mol. The van der Waals surface area contributed by atoms with Crippen molar-refractivity contribution >= 4 is 22.8 Å². The summed E-state index contributed by atoms with van der Waals surface area (Å²) in [5, 5.41) is 0.944. The summed E-state index contributed by atoms with van der Waals surface area (Å²) in [6.07, 6.45) is 13.4. The van der Waals surface area contributed by atoms with Gasteiger partial charge in [-0.3, -0.25) is 9.59 Å². The fourth-order valence-electron chi connectivity index (χ4n) is 4.89. The van der Waals surface area contributed by atoms with E-state index in [2.05, 4.69) is 14.9 Å². The van der Waals surface area contributed by atoms with Crippen molar-refractivity contribution in [2.45, 2.75) is 32.9 Å². The van der Waals surface area contributed by atoms with E-state index in [1.807, 2.05) is 99.8 Å². The number of aromatic nitrogens is 2. The summed E-state index contributed by atoms with van der Waals surface area (Å²) in [6.45, 7) is 6.62. The highest BCUT2D eigenvalue weighted by molar-refractivity contribution is 5.94. The van der Waals surface area contributed by atoms with Gasteiger partial charge in [-0.1, -0.05) is 30.4 Å². The van der Waals surface area contributed by atoms with Gasteiger partial charge in [-0.25, -0.2) is 4.98 Å². The second-order valence-corrected chi connectivity index (χ2v) is 10.5. The van der Waals surface area contributed by atoms with Crippen LogP contribution in [-0.2, 0) is 11.3 Å². The minimum Gasteiger partial charge on any atom is -0.457 e. The van der Waals surface area contributed by atoms with Crippen molar-refractivity contribution in [3.8, 4) is 5.75 Å². The van der Waals surface area contributed by atoms with E-state index in [1.54, 1.807) is 11.1 Å².